The van der Waals surface area contributed by atoms with Crippen molar-refractivity contribution in [2.75, 3.05) is 13.1 Å². The fourth-order valence-corrected chi connectivity index (χ4v) is 6.67. The van der Waals surface area contributed by atoms with Crippen LogP contribution in [0.1, 0.15) is 51.4 Å². The quantitative estimate of drug-likeness (QED) is 0.845. The van der Waals surface area contributed by atoms with E-state index in [1.165, 1.54) is 38.5 Å². The van der Waals surface area contributed by atoms with Crippen molar-refractivity contribution < 1.29 is 4.79 Å². The summed E-state index contributed by atoms with van der Waals surface area (Å²) in [5.41, 5.74) is 5.13. The third-order valence-corrected chi connectivity index (χ3v) is 6.96. The predicted octanol–water partition coefficient (Wildman–Crippen LogP) is 2.05. The van der Waals surface area contributed by atoms with Crippen molar-refractivity contribution in [3.05, 3.63) is 0 Å². The molecule has 0 aromatic heterocycles. The lowest BCUT2D eigenvalue weighted by Crippen LogP contribution is -2.64. The van der Waals surface area contributed by atoms with Crippen molar-refractivity contribution in [2.24, 2.45) is 28.9 Å². The van der Waals surface area contributed by atoms with E-state index >= 15 is 0 Å². The molecule has 4 heteroatoms. The van der Waals surface area contributed by atoms with E-state index in [2.05, 4.69) is 6.07 Å². The second-order valence-electron chi connectivity index (χ2n) is 8.02. The van der Waals surface area contributed by atoms with E-state index in [9.17, 15) is 10.1 Å². The largest absolute Gasteiger partial charge is 0.322 e. The monoisotopic (exact) mass is 287 g/mol. The molecule has 4 bridgehead atoms. The lowest BCUT2D eigenvalue weighted by atomic mass is 9.44. The number of hydrogen-bond donors (Lipinski definition) is 1. The standard InChI is InChI=1S/C17H25N3O/c18-10-15(21)20-3-1-2-17(20,11-19)16-7-12-4-13(8-16)6-14(5-12)9-16/h12-14H,1-10,18H2. The topological polar surface area (TPSA) is 70.1 Å². The molecule has 1 aliphatic heterocycles. The molecule has 21 heavy (non-hydrogen) atoms. The van der Waals surface area contributed by atoms with Gasteiger partial charge in [-0.2, -0.15) is 5.26 Å². The van der Waals surface area contributed by atoms with Gasteiger partial charge in [0, 0.05) is 12.0 Å². The molecule has 1 unspecified atom stereocenters. The van der Waals surface area contributed by atoms with Gasteiger partial charge in [0.1, 0.15) is 5.54 Å². The van der Waals surface area contributed by atoms with E-state index in [1.807, 2.05) is 4.90 Å². The van der Waals surface area contributed by atoms with E-state index in [1.54, 1.807) is 0 Å². The van der Waals surface area contributed by atoms with Gasteiger partial charge in [0.15, 0.2) is 0 Å². The Labute approximate surface area is 126 Å². The van der Waals surface area contributed by atoms with Crippen molar-refractivity contribution in [2.45, 2.75) is 56.9 Å². The summed E-state index contributed by atoms with van der Waals surface area (Å²) in [5, 5.41) is 10.1. The maximum atomic E-state index is 12.3. The van der Waals surface area contributed by atoms with Gasteiger partial charge in [-0.25, -0.2) is 0 Å². The fraction of sp³-hybridized carbons (Fsp3) is 0.882. The van der Waals surface area contributed by atoms with E-state index in [-0.39, 0.29) is 17.9 Å². The molecule has 1 atom stereocenters. The normalized spacial score (nSPS) is 47.6. The highest BCUT2D eigenvalue weighted by molar-refractivity contribution is 5.80. The first-order valence-corrected chi connectivity index (χ1v) is 8.54. The molecule has 4 saturated carbocycles. The molecule has 5 fully saturated rings. The number of carbonyl (C=O) groups is 1. The predicted molar refractivity (Wildman–Crippen MR) is 79.0 cm³/mol. The maximum Gasteiger partial charge on any atom is 0.237 e. The van der Waals surface area contributed by atoms with Gasteiger partial charge < -0.3 is 10.6 Å². The minimum atomic E-state index is -0.556. The fourth-order valence-electron chi connectivity index (χ4n) is 6.67. The summed E-state index contributed by atoms with van der Waals surface area (Å²) in [6, 6.07) is 2.65. The molecule has 1 amide bonds. The SMILES string of the molecule is N#CC1(C23CC4CC(CC(C4)C2)C3)CCCN1C(=O)CN. The van der Waals surface area contributed by atoms with Crippen LogP contribution < -0.4 is 5.73 Å². The van der Waals surface area contributed by atoms with Gasteiger partial charge >= 0.3 is 0 Å². The Balaban J connectivity index is 1.75. The highest BCUT2D eigenvalue weighted by Crippen LogP contribution is 2.66. The molecule has 5 aliphatic rings. The maximum absolute atomic E-state index is 12.3. The summed E-state index contributed by atoms with van der Waals surface area (Å²) < 4.78 is 0. The second kappa shape index (κ2) is 4.46. The van der Waals surface area contributed by atoms with Crippen molar-refractivity contribution in [1.29, 1.82) is 5.26 Å². The molecular formula is C17H25N3O. The average Bonchev–Trinajstić information content (AvgIpc) is 2.90. The molecule has 2 N–H and O–H groups in total. The zero-order chi connectivity index (χ0) is 14.7. The Bertz CT molecular complexity index is 473. The summed E-state index contributed by atoms with van der Waals surface area (Å²) in [4.78, 5) is 14.2. The molecule has 0 aromatic rings. The van der Waals surface area contributed by atoms with Gasteiger partial charge in [0.05, 0.1) is 12.6 Å². The van der Waals surface area contributed by atoms with Crippen LogP contribution in [0, 0.1) is 34.5 Å². The summed E-state index contributed by atoms with van der Waals surface area (Å²) in [5.74, 6) is 2.38. The van der Waals surface area contributed by atoms with Crippen LogP contribution in [0.25, 0.3) is 0 Å². The van der Waals surface area contributed by atoms with Gasteiger partial charge in [-0.1, -0.05) is 0 Å². The molecule has 0 spiro atoms. The van der Waals surface area contributed by atoms with E-state index in [0.717, 1.165) is 37.1 Å². The van der Waals surface area contributed by atoms with Gasteiger partial charge in [-0.05, 0) is 69.1 Å². The van der Waals surface area contributed by atoms with Crippen LogP contribution in [-0.2, 0) is 4.79 Å². The Hall–Kier alpha value is -1.08. The highest BCUT2D eigenvalue weighted by atomic mass is 16.2. The first-order chi connectivity index (χ1) is 10.1. The van der Waals surface area contributed by atoms with Gasteiger partial charge in [0.2, 0.25) is 5.91 Å². The van der Waals surface area contributed by atoms with Gasteiger partial charge in [-0.3, -0.25) is 4.79 Å². The second-order valence-corrected chi connectivity index (χ2v) is 8.02. The van der Waals surface area contributed by atoms with Crippen LogP contribution in [0.15, 0.2) is 0 Å². The summed E-state index contributed by atoms with van der Waals surface area (Å²) >= 11 is 0. The lowest BCUT2D eigenvalue weighted by molar-refractivity contribution is -0.150. The molecule has 0 radical (unpaired) electrons. The van der Waals surface area contributed by atoms with E-state index < -0.39 is 5.54 Å². The molecular weight excluding hydrogens is 262 g/mol. The number of nitriles is 1. The molecule has 1 saturated heterocycles. The third-order valence-electron chi connectivity index (χ3n) is 6.96. The smallest absolute Gasteiger partial charge is 0.237 e. The Morgan fingerprint density at radius 3 is 2.24 bits per heavy atom. The summed E-state index contributed by atoms with van der Waals surface area (Å²) in [6.07, 6.45) is 9.42. The molecule has 4 nitrogen and oxygen atoms in total. The average molecular weight is 287 g/mol. The number of rotatable bonds is 2. The summed E-state index contributed by atoms with van der Waals surface area (Å²) in [7, 11) is 0. The number of nitrogens with two attached hydrogens (primary N) is 1. The van der Waals surface area contributed by atoms with Crippen LogP contribution in [0.2, 0.25) is 0 Å². The zero-order valence-corrected chi connectivity index (χ0v) is 12.7. The molecule has 0 aromatic carbocycles. The molecule has 114 valence electrons. The molecule has 5 rings (SSSR count). The Kier molecular flexibility index (Phi) is 2.88. The molecule has 1 heterocycles. The number of nitrogens with zero attached hydrogens (tertiary/aromatic N) is 2. The molecule has 4 aliphatic carbocycles. The number of amides is 1. The van der Waals surface area contributed by atoms with E-state index in [0.29, 0.717) is 0 Å². The third kappa shape index (κ3) is 1.67. The van der Waals surface area contributed by atoms with Crippen molar-refractivity contribution in [3.63, 3.8) is 0 Å². The van der Waals surface area contributed by atoms with Gasteiger partial charge in [-0.15, -0.1) is 0 Å². The van der Waals surface area contributed by atoms with Crippen molar-refractivity contribution in [3.8, 4) is 6.07 Å². The highest BCUT2D eigenvalue weighted by Gasteiger charge is 2.64. The van der Waals surface area contributed by atoms with E-state index in [4.69, 9.17) is 5.73 Å². The van der Waals surface area contributed by atoms with Crippen LogP contribution in [0.5, 0.6) is 0 Å². The first-order valence-electron chi connectivity index (χ1n) is 8.54. The van der Waals surface area contributed by atoms with Crippen molar-refractivity contribution >= 4 is 5.91 Å². The number of hydrogen-bond acceptors (Lipinski definition) is 3. The number of carbonyl (C=O) groups excluding carboxylic acids is 1. The Morgan fingerprint density at radius 1 is 1.19 bits per heavy atom. The van der Waals surface area contributed by atoms with Crippen LogP contribution in [0.4, 0.5) is 0 Å². The zero-order valence-electron chi connectivity index (χ0n) is 12.7. The minimum absolute atomic E-state index is 0.0233. The van der Waals surface area contributed by atoms with Crippen molar-refractivity contribution in [1.82, 2.24) is 4.90 Å². The lowest BCUT2D eigenvalue weighted by Gasteiger charge is -2.62. The van der Waals surface area contributed by atoms with Crippen LogP contribution in [-0.4, -0.2) is 29.4 Å². The van der Waals surface area contributed by atoms with Crippen LogP contribution >= 0.6 is 0 Å². The van der Waals surface area contributed by atoms with Crippen LogP contribution in [0.3, 0.4) is 0 Å². The van der Waals surface area contributed by atoms with Gasteiger partial charge in [0.25, 0.3) is 0 Å². The first kappa shape index (κ1) is 13.6. The minimum Gasteiger partial charge on any atom is -0.322 e. The number of likely N-dealkylation sites (tertiary alicyclic amines) is 1. The summed E-state index contributed by atoms with van der Waals surface area (Å²) in [6.45, 7) is 0.765. The Morgan fingerprint density at radius 2 is 1.76 bits per heavy atom.